The standard InChI is InChI=1S/C11H20O3/c1-5-8-7(10(12)13)6-9(14-8)11(2,3)4/h7-9H,5-6H2,1-4H3,(H,12,13). The SMILES string of the molecule is CCC1OC(C(C)(C)C)CC1C(=O)O. The molecule has 0 aliphatic carbocycles. The molecule has 14 heavy (non-hydrogen) atoms. The number of rotatable bonds is 2. The van der Waals surface area contributed by atoms with Crippen LogP contribution in [0.15, 0.2) is 0 Å². The second kappa shape index (κ2) is 3.89. The topological polar surface area (TPSA) is 46.5 Å². The highest BCUT2D eigenvalue weighted by Crippen LogP contribution is 2.37. The number of hydrogen-bond acceptors (Lipinski definition) is 2. The van der Waals surface area contributed by atoms with Crippen molar-refractivity contribution in [1.29, 1.82) is 0 Å². The number of ether oxygens (including phenoxy) is 1. The van der Waals surface area contributed by atoms with Crippen molar-refractivity contribution in [3.63, 3.8) is 0 Å². The van der Waals surface area contributed by atoms with Crippen LogP contribution in [0.5, 0.6) is 0 Å². The fourth-order valence-electron chi connectivity index (χ4n) is 1.94. The Hall–Kier alpha value is -0.570. The third-order valence-electron chi connectivity index (χ3n) is 2.94. The molecule has 0 amide bonds. The molecule has 0 radical (unpaired) electrons. The Labute approximate surface area is 85.5 Å². The molecule has 1 aliphatic heterocycles. The second-order valence-corrected chi connectivity index (χ2v) is 5.12. The molecule has 0 aromatic rings. The summed E-state index contributed by atoms with van der Waals surface area (Å²) in [5, 5.41) is 9.02. The van der Waals surface area contributed by atoms with E-state index in [2.05, 4.69) is 20.8 Å². The van der Waals surface area contributed by atoms with Gasteiger partial charge in [-0.25, -0.2) is 0 Å². The summed E-state index contributed by atoms with van der Waals surface area (Å²) >= 11 is 0. The van der Waals surface area contributed by atoms with Crippen LogP contribution in [-0.2, 0) is 9.53 Å². The van der Waals surface area contributed by atoms with E-state index in [1.165, 1.54) is 0 Å². The largest absolute Gasteiger partial charge is 0.481 e. The lowest BCUT2D eigenvalue weighted by molar-refractivity contribution is -0.143. The van der Waals surface area contributed by atoms with Gasteiger partial charge in [0.2, 0.25) is 0 Å². The number of carboxylic acids is 1. The van der Waals surface area contributed by atoms with E-state index < -0.39 is 5.97 Å². The molecule has 1 aliphatic rings. The van der Waals surface area contributed by atoms with Gasteiger partial charge in [0.15, 0.2) is 0 Å². The number of hydrogen-bond donors (Lipinski definition) is 1. The molecule has 3 nitrogen and oxygen atoms in total. The van der Waals surface area contributed by atoms with E-state index >= 15 is 0 Å². The first-order valence-corrected chi connectivity index (χ1v) is 5.24. The maximum absolute atomic E-state index is 11.0. The van der Waals surface area contributed by atoms with Crippen LogP contribution in [0.4, 0.5) is 0 Å². The normalized spacial score (nSPS) is 33.3. The highest BCUT2D eigenvalue weighted by molar-refractivity contribution is 5.71. The van der Waals surface area contributed by atoms with Crippen LogP contribution >= 0.6 is 0 Å². The summed E-state index contributed by atoms with van der Waals surface area (Å²) in [5.74, 6) is -1.03. The molecule has 1 saturated heterocycles. The molecule has 82 valence electrons. The molecule has 3 heteroatoms. The molecule has 0 bridgehead atoms. The lowest BCUT2D eigenvalue weighted by Gasteiger charge is -2.26. The minimum Gasteiger partial charge on any atom is -0.481 e. The van der Waals surface area contributed by atoms with Crippen LogP contribution in [0.25, 0.3) is 0 Å². The Morgan fingerprint density at radius 3 is 2.36 bits per heavy atom. The molecule has 0 aromatic carbocycles. The summed E-state index contributed by atoms with van der Waals surface area (Å²) in [7, 11) is 0. The van der Waals surface area contributed by atoms with E-state index in [9.17, 15) is 4.79 Å². The van der Waals surface area contributed by atoms with Gasteiger partial charge in [0.05, 0.1) is 18.1 Å². The quantitative estimate of drug-likeness (QED) is 0.744. The maximum atomic E-state index is 11.0. The molecule has 3 unspecified atom stereocenters. The van der Waals surface area contributed by atoms with Gasteiger partial charge < -0.3 is 9.84 Å². The number of carboxylic acid groups (broad SMARTS) is 1. The lowest BCUT2D eigenvalue weighted by atomic mass is 9.84. The summed E-state index contributed by atoms with van der Waals surface area (Å²) in [6.07, 6.45) is 1.41. The minimum absolute atomic E-state index is 0.0393. The number of carbonyl (C=O) groups is 1. The Balaban J connectivity index is 2.70. The van der Waals surface area contributed by atoms with Gasteiger partial charge in [0.1, 0.15) is 0 Å². The van der Waals surface area contributed by atoms with Crippen LogP contribution < -0.4 is 0 Å². The van der Waals surface area contributed by atoms with Crippen molar-refractivity contribution >= 4 is 5.97 Å². The van der Waals surface area contributed by atoms with Gasteiger partial charge in [-0.1, -0.05) is 27.7 Å². The molecule has 1 rings (SSSR count). The van der Waals surface area contributed by atoms with E-state index in [0.29, 0.717) is 6.42 Å². The van der Waals surface area contributed by atoms with E-state index in [4.69, 9.17) is 9.84 Å². The van der Waals surface area contributed by atoms with E-state index in [0.717, 1.165) is 6.42 Å². The molecule has 1 fully saturated rings. The van der Waals surface area contributed by atoms with Crippen LogP contribution in [0.1, 0.15) is 40.5 Å². The third kappa shape index (κ3) is 2.27. The van der Waals surface area contributed by atoms with Crippen LogP contribution in [0.3, 0.4) is 0 Å². The average molecular weight is 200 g/mol. The fourth-order valence-corrected chi connectivity index (χ4v) is 1.94. The lowest BCUT2D eigenvalue weighted by Crippen LogP contribution is -2.26. The summed E-state index contributed by atoms with van der Waals surface area (Å²) in [6, 6.07) is 0. The van der Waals surface area contributed by atoms with Crippen molar-refractivity contribution in [3.8, 4) is 0 Å². The van der Waals surface area contributed by atoms with Gasteiger partial charge in [0.25, 0.3) is 0 Å². The zero-order valence-corrected chi connectivity index (χ0v) is 9.41. The monoisotopic (exact) mass is 200 g/mol. The highest BCUT2D eigenvalue weighted by Gasteiger charge is 2.43. The molecule has 1 heterocycles. The molecular formula is C11H20O3. The summed E-state index contributed by atoms with van der Waals surface area (Å²) in [4.78, 5) is 11.0. The first kappa shape index (κ1) is 11.5. The second-order valence-electron chi connectivity index (χ2n) is 5.12. The summed E-state index contributed by atoms with van der Waals surface area (Å²) in [6.45, 7) is 8.25. The summed E-state index contributed by atoms with van der Waals surface area (Å²) in [5.41, 5.74) is 0.0393. The predicted octanol–water partition coefficient (Wildman–Crippen LogP) is 2.30. The molecule has 0 saturated carbocycles. The molecule has 0 aromatic heterocycles. The Bertz CT molecular complexity index is 217. The Kier molecular flexibility index (Phi) is 3.20. The minimum atomic E-state index is -0.719. The van der Waals surface area contributed by atoms with Crippen LogP contribution in [0, 0.1) is 11.3 Å². The van der Waals surface area contributed by atoms with Crippen molar-refractivity contribution in [2.75, 3.05) is 0 Å². The highest BCUT2D eigenvalue weighted by atomic mass is 16.5. The molecule has 1 N–H and O–H groups in total. The third-order valence-corrected chi connectivity index (χ3v) is 2.94. The first-order valence-electron chi connectivity index (χ1n) is 5.24. The average Bonchev–Trinajstić information content (AvgIpc) is 2.45. The van der Waals surface area contributed by atoms with Gasteiger partial charge in [-0.3, -0.25) is 4.79 Å². The molecule has 3 atom stereocenters. The van der Waals surface area contributed by atoms with E-state index in [1.807, 2.05) is 6.92 Å². The maximum Gasteiger partial charge on any atom is 0.309 e. The zero-order valence-electron chi connectivity index (χ0n) is 9.41. The van der Waals surface area contributed by atoms with Crippen molar-refractivity contribution < 1.29 is 14.6 Å². The van der Waals surface area contributed by atoms with E-state index in [-0.39, 0.29) is 23.5 Å². The van der Waals surface area contributed by atoms with E-state index in [1.54, 1.807) is 0 Å². The number of aliphatic carboxylic acids is 1. The Morgan fingerprint density at radius 2 is 2.07 bits per heavy atom. The van der Waals surface area contributed by atoms with Crippen molar-refractivity contribution in [1.82, 2.24) is 0 Å². The van der Waals surface area contributed by atoms with Gasteiger partial charge in [-0.2, -0.15) is 0 Å². The molecular weight excluding hydrogens is 180 g/mol. The van der Waals surface area contributed by atoms with Crippen molar-refractivity contribution in [2.24, 2.45) is 11.3 Å². The first-order chi connectivity index (χ1) is 6.36. The van der Waals surface area contributed by atoms with Crippen LogP contribution in [-0.4, -0.2) is 23.3 Å². The fraction of sp³-hybridized carbons (Fsp3) is 0.909. The van der Waals surface area contributed by atoms with Crippen molar-refractivity contribution in [3.05, 3.63) is 0 Å². The molecule has 0 spiro atoms. The Morgan fingerprint density at radius 1 is 1.50 bits per heavy atom. The van der Waals surface area contributed by atoms with Crippen molar-refractivity contribution in [2.45, 2.75) is 52.7 Å². The zero-order chi connectivity index (χ0) is 10.9. The predicted molar refractivity (Wildman–Crippen MR) is 54.1 cm³/mol. The summed E-state index contributed by atoms with van der Waals surface area (Å²) < 4.78 is 5.77. The van der Waals surface area contributed by atoms with Gasteiger partial charge >= 0.3 is 5.97 Å². The van der Waals surface area contributed by atoms with Gasteiger partial charge in [-0.05, 0) is 18.3 Å². The van der Waals surface area contributed by atoms with Crippen LogP contribution in [0.2, 0.25) is 0 Å². The van der Waals surface area contributed by atoms with Gasteiger partial charge in [0, 0.05) is 0 Å². The van der Waals surface area contributed by atoms with Gasteiger partial charge in [-0.15, -0.1) is 0 Å². The smallest absolute Gasteiger partial charge is 0.309 e.